The number of nitrogens with one attached hydrogen (secondary N) is 2. The summed E-state index contributed by atoms with van der Waals surface area (Å²) in [7, 11) is 3.10. The summed E-state index contributed by atoms with van der Waals surface area (Å²) >= 11 is 0. The normalized spacial score (nSPS) is 10.1. The fourth-order valence-corrected chi connectivity index (χ4v) is 2.26. The molecule has 0 unspecified atom stereocenters. The highest BCUT2D eigenvalue weighted by Crippen LogP contribution is 2.27. The molecule has 0 aliphatic heterocycles. The lowest BCUT2D eigenvalue weighted by molar-refractivity contribution is 0.0846. The van der Waals surface area contributed by atoms with Crippen molar-refractivity contribution in [2.45, 2.75) is 13.5 Å². The number of hydrazine groups is 1. The van der Waals surface area contributed by atoms with Crippen LogP contribution in [0.1, 0.15) is 33.2 Å². The van der Waals surface area contributed by atoms with Gasteiger partial charge in [-0.05, 0) is 42.8 Å². The monoisotopic (exact) mass is 358 g/mol. The number of methoxy groups -OCH3 is 2. The number of ether oxygens (including phenoxy) is 3. The Kier molecular flexibility index (Phi) is 6.99. The van der Waals surface area contributed by atoms with Gasteiger partial charge < -0.3 is 14.2 Å². The van der Waals surface area contributed by atoms with Gasteiger partial charge in [-0.25, -0.2) is 0 Å². The Labute approximate surface area is 152 Å². The van der Waals surface area contributed by atoms with Gasteiger partial charge >= 0.3 is 0 Å². The molecule has 0 aliphatic rings. The van der Waals surface area contributed by atoms with E-state index in [1.165, 1.54) is 7.11 Å². The van der Waals surface area contributed by atoms with E-state index >= 15 is 0 Å². The number of hydrogen-bond donors (Lipinski definition) is 2. The van der Waals surface area contributed by atoms with Crippen LogP contribution in [-0.2, 0) is 11.3 Å². The number of carbonyl (C=O) groups is 2. The Bertz CT molecular complexity index is 759. The van der Waals surface area contributed by atoms with E-state index in [9.17, 15) is 9.59 Å². The van der Waals surface area contributed by atoms with E-state index in [2.05, 4.69) is 10.9 Å². The van der Waals surface area contributed by atoms with Crippen molar-refractivity contribution < 1.29 is 23.8 Å². The smallest absolute Gasteiger partial charge is 0.269 e. The molecule has 0 heterocycles. The first-order chi connectivity index (χ1) is 12.6. The van der Waals surface area contributed by atoms with Gasteiger partial charge in [-0.15, -0.1) is 0 Å². The van der Waals surface area contributed by atoms with Crippen molar-refractivity contribution >= 4 is 11.8 Å². The van der Waals surface area contributed by atoms with Crippen LogP contribution in [0.15, 0.2) is 42.5 Å². The third-order valence-corrected chi connectivity index (χ3v) is 3.54. The fraction of sp³-hybridized carbons (Fsp3) is 0.263. The summed E-state index contributed by atoms with van der Waals surface area (Å²) in [6.45, 7) is 2.82. The van der Waals surface area contributed by atoms with E-state index in [4.69, 9.17) is 14.2 Å². The molecule has 0 radical (unpaired) electrons. The van der Waals surface area contributed by atoms with Crippen molar-refractivity contribution in [3.8, 4) is 11.5 Å². The van der Waals surface area contributed by atoms with E-state index < -0.39 is 11.8 Å². The number of hydrogen-bond acceptors (Lipinski definition) is 5. The second-order valence-corrected chi connectivity index (χ2v) is 5.34. The second kappa shape index (κ2) is 9.43. The molecule has 0 spiro atoms. The SMILES string of the molecule is CCOc1ccc(C(=O)NNC(=O)c2ccc(COC)cc2)cc1OC. The maximum Gasteiger partial charge on any atom is 0.269 e. The molecule has 2 N–H and O–H groups in total. The third kappa shape index (κ3) is 4.97. The van der Waals surface area contributed by atoms with Gasteiger partial charge in [-0.1, -0.05) is 12.1 Å². The van der Waals surface area contributed by atoms with Gasteiger partial charge in [0.05, 0.1) is 20.3 Å². The van der Waals surface area contributed by atoms with E-state index in [1.54, 1.807) is 49.6 Å². The number of carbonyl (C=O) groups excluding carboxylic acids is 2. The summed E-state index contributed by atoms with van der Waals surface area (Å²) in [4.78, 5) is 24.3. The van der Waals surface area contributed by atoms with Gasteiger partial charge in [0.15, 0.2) is 11.5 Å². The molecule has 7 heteroatoms. The maximum atomic E-state index is 12.2. The van der Waals surface area contributed by atoms with Crippen LogP contribution in [0, 0.1) is 0 Å². The van der Waals surface area contributed by atoms with E-state index in [0.29, 0.717) is 35.8 Å². The zero-order valence-electron chi connectivity index (χ0n) is 15.0. The molecule has 0 bridgehead atoms. The van der Waals surface area contributed by atoms with Crippen LogP contribution in [0.2, 0.25) is 0 Å². The van der Waals surface area contributed by atoms with Crippen LogP contribution in [0.3, 0.4) is 0 Å². The Hall–Kier alpha value is -3.06. The lowest BCUT2D eigenvalue weighted by Gasteiger charge is -2.12. The molecule has 0 aliphatic carbocycles. The highest BCUT2D eigenvalue weighted by Gasteiger charge is 2.12. The van der Waals surface area contributed by atoms with Gasteiger partial charge in [0.2, 0.25) is 0 Å². The molecule has 2 aromatic rings. The average molecular weight is 358 g/mol. The molecular weight excluding hydrogens is 336 g/mol. The average Bonchev–Trinajstić information content (AvgIpc) is 2.67. The van der Waals surface area contributed by atoms with Gasteiger partial charge in [-0.3, -0.25) is 20.4 Å². The van der Waals surface area contributed by atoms with E-state index in [1.807, 2.05) is 6.92 Å². The summed E-state index contributed by atoms with van der Waals surface area (Å²) in [6, 6.07) is 11.7. The van der Waals surface area contributed by atoms with Crippen LogP contribution in [0.5, 0.6) is 11.5 Å². The van der Waals surface area contributed by atoms with Crippen molar-refractivity contribution in [3.05, 3.63) is 59.2 Å². The Morgan fingerprint density at radius 1 is 0.885 bits per heavy atom. The zero-order chi connectivity index (χ0) is 18.9. The Morgan fingerprint density at radius 3 is 2.08 bits per heavy atom. The van der Waals surface area contributed by atoms with Crippen molar-refractivity contribution in [1.82, 2.24) is 10.9 Å². The lowest BCUT2D eigenvalue weighted by atomic mass is 10.1. The number of rotatable bonds is 7. The minimum Gasteiger partial charge on any atom is -0.493 e. The zero-order valence-corrected chi connectivity index (χ0v) is 15.0. The van der Waals surface area contributed by atoms with Gasteiger partial charge in [0.25, 0.3) is 11.8 Å². The first-order valence-electron chi connectivity index (χ1n) is 8.08. The topological polar surface area (TPSA) is 85.9 Å². The largest absolute Gasteiger partial charge is 0.493 e. The molecular formula is C19H22N2O5. The van der Waals surface area contributed by atoms with Crippen molar-refractivity contribution in [3.63, 3.8) is 0 Å². The summed E-state index contributed by atoms with van der Waals surface area (Å²) in [5.41, 5.74) is 6.48. The predicted molar refractivity (Wildman–Crippen MR) is 96.3 cm³/mol. The van der Waals surface area contributed by atoms with E-state index in [-0.39, 0.29) is 0 Å². The summed E-state index contributed by atoms with van der Waals surface area (Å²) in [6.07, 6.45) is 0. The van der Waals surface area contributed by atoms with Gasteiger partial charge in [-0.2, -0.15) is 0 Å². The minimum absolute atomic E-state index is 0.334. The molecule has 138 valence electrons. The van der Waals surface area contributed by atoms with Crippen molar-refractivity contribution in [2.75, 3.05) is 20.8 Å². The van der Waals surface area contributed by atoms with Crippen molar-refractivity contribution in [2.24, 2.45) is 0 Å². The Balaban J connectivity index is 1.98. The molecule has 2 amide bonds. The Morgan fingerprint density at radius 2 is 1.50 bits per heavy atom. The molecule has 0 saturated carbocycles. The standard InChI is InChI=1S/C19H22N2O5/c1-4-26-16-10-9-15(11-17(16)25-3)19(23)21-20-18(22)14-7-5-13(6-8-14)12-24-2/h5-11H,4,12H2,1-3H3,(H,20,22)(H,21,23). The van der Waals surface area contributed by atoms with Gasteiger partial charge in [0.1, 0.15) is 0 Å². The molecule has 2 aromatic carbocycles. The highest BCUT2D eigenvalue weighted by atomic mass is 16.5. The van der Waals surface area contributed by atoms with Crippen molar-refractivity contribution in [1.29, 1.82) is 0 Å². The number of amides is 2. The van der Waals surface area contributed by atoms with Gasteiger partial charge in [0, 0.05) is 18.2 Å². The molecule has 26 heavy (non-hydrogen) atoms. The highest BCUT2D eigenvalue weighted by molar-refractivity contribution is 5.99. The minimum atomic E-state index is -0.462. The first-order valence-corrected chi connectivity index (χ1v) is 8.08. The third-order valence-electron chi connectivity index (χ3n) is 3.54. The predicted octanol–water partition coefficient (Wildman–Crippen LogP) is 2.32. The number of benzene rings is 2. The van der Waals surface area contributed by atoms with Crippen LogP contribution >= 0.6 is 0 Å². The summed E-state index contributed by atoms with van der Waals surface area (Å²) in [5.74, 6) is 0.113. The van der Waals surface area contributed by atoms with Crippen LogP contribution in [0.25, 0.3) is 0 Å². The molecule has 0 aromatic heterocycles. The van der Waals surface area contributed by atoms with E-state index in [0.717, 1.165) is 5.56 Å². The van der Waals surface area contributed by atoms with Crippen LogP contribution in [0.4, 0.5) is 0 Å². The van der Waals surface area contributed by atoms with Crippen LogP contribution in [-0.4, -0.2) is 32.6 Å². The molecule has 0 atom stereocenters. The first kappa shape index (κ1) is 19.3. The molecule has 0 fully saturated rings. The molecule has 7 nitrogen and oxygen atoms in total. The lowest BCUT2D eigenvalue weighted by Crippen LogP contribution is -2.41. The van der Waals surface area contributed by atoms with Crippen LogP contribution < -0.4 is 20.3 Å². The summed E-state index contributed by atoms with van der Waals surface area (Å²) < 4.78 is 15.6. The summed E-state index contributed by atoms with van der Waals surface area (Å²) in [5, 5.41) is 0. The second-order valence-electron chi connectivity index (χ2n) is 5.34. The maximum absolute atomic E-state index is 12.2. The fourth-order valence-electron chi connectivity index (χ4n) is 2.26. The quantitative estimate of drug-likeness (QED) is 0.742. The molecule has 2 rings (SSSR count). The molecule has 0 saturated heterocycles.